The van der Waals surface area contributed by atoms with E-state index in [1.54, 1.807) is 35.2 Å². The maximum absolute atomic E-state index is 13.5. The highest BCUT2D eigenvalue weighted by Gasteiger charge is 2.42. The average molecular weight is 846 g/mol. The Hall–Kier alpha value is -4.24. The molecule has 7 rings (SSSR count). The van der Waals surface area contributed by atoms with Crippen LogP contribution < -0.4 is 15.4 Å². The fourth-order valence-corrected chi connectivity index (χ4v) is 9.30. The number of rotatable bonds is 17. The highest BCUT2D eigenvalue weighted by molar-refractivity contribution is 6.31. The van der Waals surface area contributed by atoms with Crippen LogP contribution in [-0.2, 0) is 43.2 Å². The van der Waals surface area contributed by atoms with Crippen molar-refractivity contribution < 1.29 is 38.8 Å². The van der Waals surface area contributed by atoms with E-state index in [2.05, 4.69) is 44.7 Å². The number of anilines is 1. The number of nitrogens with one attached hydrogen (secondary N) is 2. The molecule has 3 aliphatic heterocycles. The Bertz CT molecular complexity index is 1930. The lowest BCUT2D eigenvalue weighted by Gasteiger charge is -2.47. The molecule has 13 nitrogen and oxygen atoms in total. The number of likely N-dealkylation sites (tertiary alicyclic amines) is 1. The first-order valence-electron chi connectivity index (χ1n) is 21.7. The van der Waals surface area contributed by atoms with Crippen LogP contribution in [0.2, 0.25) is 5.02 Å². The zero-order chi connectivity index (χ0) is 41.9. The summed E-state index contributed by atoms with van der Waals surface area (Å²) in [4.78, 5) is 44.8. The lowest BCUT2D eigenvalue weighted by Crippen LogP contribution is -2.58. The van der Waals surface area contributed by atoms with E-state index in [0.717, 1.165) is 70.1 Å². The van der Waals surface area contributed by atoms with E-state index in [4.69, 9.17) is 25.8 Å². The number of ether oxygens (including phenoxy) is 3. The quantitative estimate of drug-likeness (QED) is 0.105. The number of nitrogens with zero attached hydrogens (tertiary/aromatic N) is 3. The number of hydrogen-bond donors (Lipinski definition) is 4. The summed E-state index contributed by atoms with van der Waals surface area (Å²) in [5.74, 6) is 0.0251. The van der Waals surface area contributed by atoms with Crippen molar-refractivity contribution in [2.24, 2.45) is 0 Å². The number of aromatic hydroxyl groups is 1. The summed E-state index contributed by atoms with van der Waals surface area (Å²) in [7, 11) is 0. The first-order chi connectivity index (χ1) is 29.2. The number of morpholine rings is 1. The number of phenolic OH excluding ortho intramolecular Hbond substituents is 1. The molecule has 3 heterocycles. The molecule has 1 atom stereocenters. The van der Waals surface area contributed by atoms with Gasteiger partial charge in [0.25, 0.3) is 11.8 Å². The second-order valence-corrected chi connectivity index (χ2v) is 17.0. The molecule has 1 saturated carbocycles. The largest absolute Gasteiger partial charge is 0.506 e. The second-order valence-electron chi connectivity index (χ2n) is 16.6. The van der Waals surface area contributed by atoms with Crippen molar-refractivity contribution in [1.82, 2.24) is 20.0 Å². The van der Waals surface area contributed by atoms with E-state index in [0.29, 0.717) is 87.4 Å². The van der Waals surface area contributed by atoms with Gasteiger partial charge in [0, 0.05) is 62.4 Å². The average Bonchev–Trinajstić information content (AvgIpc) is 3.26. The SMILES string of the molecule is O=C1COc2c(CCNCCN(C(=O)CCOCCc3cccc(CN4CCC5(CC4)CN(C(=O)C(O)c4ccccc4Cl)CCO5)c3)C3CCCCC3)ccc(O)c2N1. The number of fused-ring (bicyclic) bond motifs is 1. The lowest BCUT2D eigenvalue weighted by molar-refractivity contribution is -0.166. The molecule has 2 saturated heterocycles. The molecule has 60 heavy (non-hydrogen) atoms. The summed E-state index contributed by atoms with van der Waals surface area (Å²) in [6.07, 6.45) is 7.67. The van der Waals surface area contributed by atoms with Gasteiger partial charge in [-0.3, -0.25) is 19.3 Å². The minimum Gasteiger partial charge on any atom is -0.506 e. The van der Waals surface area contributed by atoms with E-state index in [1.165, 1.54) is 17.5 Å². The Morgan fingerprint density at radius 1 is 0.983 bits per heavy atom. The van der Waals surface area contributed by atoms with Crippen molar-refractivity contribution in [1.29, 1.82) is 0 Å². The minimum atomic E-state index is -1.29. The summed E-state index contributed by atoms with van der Waals surface area (Å²) in [5.41, 5.74) is 3.69. The van der Waals surface area contributed by atoms with Crippen molar-refractivity contribution in [3.8, 4) is 11.5 Å². The van der Waals surface area contributed by atoms with Gasteiger partial charge in [-0.1, -0.05) is 79.4 Å². The first-order valence-corrected chi connectivity index (χ1v) is 22.1. The molecular weight excluding hydrogens is 786 g/mol. The van der Waals surface area contributed by atoms with Crippen molar-refractivity contribution in [3.05, 3.63) is 87.9 Å². The zero-order valence-corrected chi connectivity index (χ0v) is 35.3. The third-order valence-electron chi connectivity index (χ3n) is 12.4. The smallest absolute Gasteiger partial charge is 0.262 e. The van der Waals surface area contributed by atoms with Crippen LogP contribution in [0.15, 0.2) is 60.7 Å². The van der Waals surface area contributed by atoms with Gasteiger partial charge in [0.15, 0.2) is 18.5 Å². The number of halogens is 1. The zero-order valence-electron chi connectivity index (χ0n) is 34.5. The molecule has 1 unspecified atom stereocenters. The first kappa shape index (κ1) is 43.8. The highest BCUT2D eigenvalue weighted by atomic mass is 35.5. The summed E-state index contributed by atoms with van der Waals surface area (Å²) in [6.45, 7) is 6.71. The maximum Gasteiger partial charge on any atom is 0.262 e. The third kappa shape index (κ3) is 11.4. The molecule has 4 aliphatic rings. The Labute approximate surface area is 358 Å². The predicted octanol–water partition coefficient (Wildman–Crippen LogP) is 5.25. The van der Waals surface area contributed by atoms with Crippen molar-refractivity contribution in [2.45, 2.75) is 88.5 Å². The Morgan fingerprint density at radius 3 is 2.60 bits per heavy atom. The summed E-state index contributed by atoms with van der Waals surface area (Å²) >= 11 is 6.27. The van der Waals surface area contributed by atoms with Crippen LogP contribution in [0.1, 0.15) is 79.7 Å². The van der Waals surface area contributed by atoms with E-state index in [-0.39, 0.29) is 36.1 Å². The number of carbonyl (C=O) groups excluding carboxylic acids is 3. The number of piperidine rings is 1. The molecule has 3 aromatic carbocycles. The second kappa shape index (κ2) is 21.0. The molecule has 3 amide bonds. The van der Waals surface area contributed by atoms with Gasteiger partial charge in [0.2, 0.25) is 5.91 Å². The van der Waals surface area contributed by atoms with E-state index in [9.17, 15) is 24.6 Å². The molecule has 3 fully saturated rings. The number of amides is 3. The molecule has 1 spiro atoms. The standard InChI is InChI=1S/C46H60ClN5O8/c47-38-12-5-4-11-37(38)43(56)45(57)51-25-28-60-46(32-51)18-22-50(23-19-46)30-34-8-6-7-33(29-34)16-26-58-27-17-41(55)52(36-9-2-1-3-10-36)24-21-48-20-15-35-13-14-39(53)42-44(35)59-31-40(54)49-42/h4-8,11-14,29,36,43,48,53,56H,1-3,9-10,15-28,30-32H2,(H,49,54). The van der Waals surface area contributed by atoms with Crippen molar-refractivity contribution >= 4 is 35.0 Å². The monoisotopic (exact) mass is 845 g/mol. The molecule has 3 aromatic rings. The summed E-state index contributed by atoms with van der Waals surface area (Å²) < 4.78 is 18.0. The fraction of sp³-hybridized carbons (Fsp3) is 0.543. The Kier molecular flexibility index (Phi) is 15.4. The molecule has 0 radical (unpaired) electrons. The number of aliphatic hydroxyl groups is 1. The molecule has 0 aromatic heterocycles. The van der Waals surface area contributed by atoms with Gasteiger partial charge >= 0.3 is 0 Å². The molecule has 4 N–H and O–H groups in total. The lowest BCUT2D eigenvalue weighted by atomic mass is 9.88. The van der Waals surface area contributed by atoms with Crippen LogP contribution in [-0.4, -0.2) is 127 Å². The number of hydrogen-bond acceptors (Lipinski definition) is 10. The van der Waals surface area contributed by atoms with Gasteiger partial charge in [-0.2, -0.15) is 0 Å². The summed E-state index contributed by atoms with van der Waals surface area (Å²) in [6, 6.07) is 19.2. The minimum absolute atomic E-state index is 0.0105. The van der Waals surface area contributed by atoms with Crippen molar-refractivity contribution in [2.75, 3.05) is 77.6 Å². The van der Waals surface area contributed by atoms with Crippen LogP contribution >= 0.6 is 11.6 Å². The van der Waals surface area contributed by atoms with Gasteiger partial charge in [-0.25, -0.2) is 0 Å². The number of benzene rings is 3. The third-order valence-corrected chi connectivity index (χ3v) is 12.8. The van der Waals surface area contributed by atoms with Gasteiger partial charge in [0.1, 0.15) is 11.4 Å². The molecular formula is C46H60ClN5O8. The van der Waals surface area contributed by atoms with Gasteiger partial charge in [-0.15, -0.1) is 0 Å². The molecule has 0 bridgehead atoms. The number of phenols is 1. The van der Waals surface area contributed by atoms with Crippen LogP contribution in [0.3, 0.4) is 0 Å². The topological polar surface area (TPSA) is 153 Å². The molecule has 324 valence electrons. The molecule has 1 aliphatic carbocycles. The van der Waals surface area contributed by atoms with Gasteiger partial charge in [-0.05, 0) is 73.9 Å². The number of carbonyl (C=O) groups is 3. The van der Waals surface area contributed by atoms with E-state index < -0.39 is 11.7 Å². The Morgan fingerprint density at radius 2 is 1.78 bits per heavy atom. The normalized spacial score (nSPS) is 18.7. The summed E-state index contributed by atoms with van der Waals surface area (Å²) in [5, 5.41) is 27.5. The van der Waals surface area contributed by atoms with Crippen LogP contribution in [0.5, 0.6) is 11.5 Å². The van der Waals surface area contributed by atoms with Gasteiger partial charge < -0.3 is 44.9 Å². The van der Waals surface area contributed by atoms with E-state index >= 15 is 0 Å². The fourth-order valence-electron chi connectivity index (χ4n) is 9.06. The maximum atomic E-state index is 13.5. The van der Waals surface area contributed by atoms with Crippen LogP contribution in [0.4, 0.5) is 5.69 Å². The van der Waals surface area contributed by atoms with Crippen LogP contribution in [0, 0.1) is 0 Å². The molecule has 14 heteroatoms. The predicted molar refractivity (Wildman–Crippen MR) is 229 cm³/mol. The highest BCUT2D eigenvalue weighted by Crippen LogP contribution is 2.39. The van der Waals surface area contributed by atoms with Crippen LogP contribution in [0.25, 0.3) is 0 Å². The van der Waals surface area contributed by atoms with Gasteiger partial charge in [0.05, 0.1) is 31.8 Å². The number of aliphatic hydroxyl groups excluding tert-OH is 1. The van der Waals surface area contributed by atoms with Crippen molar-refractivity contribution in [3.63, 3.8) is 0 Å². The Balaban J connectivity index is 0.812. The van der Waals surface area contributed by atoms with E-state index in [1.807, 2.05) is 6.07 Å².